The Kier molecular flexibility index (Phi) is 5.35. The smallest absolute Gasteiger partial charge is 0.249 e. The van der Waals surface area contributed by atoms with Gasteiger partial charge in [-0.3, -0.25) is 14.3 Å². The molecule has 1 fully saturated rings. The largest absolute Gasteiger partial charge is 0.375 e. The highest BCUT2D eigenvalue weighted by molar-refractivity contribution is 5.80. The van der Waals surface area contributed by atoms with Crippen molar-refractivity contribution < 1.29 is 14.3 Å². The summed E-state index contributed by atoms with van der Waals surface area (Å²) in [7, 11) is 1.53. The number of nitrogens with one attached hydrogen (secondary N) is 1. The molecular weight excluding hydrogens is 374 g/mol. The Balaban J connectivity index is 1.49. The second kappa shape index (κ2) is 7.94. The summed E-state index contributed by atoms with van der Waals surface area (Å²) in [4.78, 5) is 41.3. The van der Waals surface area contributed by atoms with Gasteiger partial charge in [-0.05, 0) is 12.8 Å². The summed E-state index contributed by atoms with van der Waals surface area (Å²) in [5.41, 5.74) is 1.55. The lowest BCUT2D eigenvalue weighted by Gasteiger charge is -2.50. The lowest BCUT2D eigenvalue weighted by Crippen LogP contribution is -2.59. The van der Waals surface area contributed by atoms with Crippen molar-refractivity contribution in [1.29, 1.82) is 0 Å². The van der Waals surface area contributed by atoms with Crippen LogP contribution in [0.5, 0.6) is 0 Å². The predicted molar refractivity (Wildman–Crippen MR) is 103 cm³/mol. The van der Waals surface area contributed by atoms with Crippen LogP contribution in [0.3, 0.4) is 0 Å². The first kappa shape index (κ1) is 19.6. The molecule has 1 saturated heterocycles. The molecule has 10 heteroatoms. The van der Waals surface area contributed by atoms with Crippen molar-refractivity contribution in [2.24, 2.45) is 5.92 Å². The monoisotopic (exact) mass is 401 g/mol. The van der Waals surface area contributed by atoms with Gasteiger partial charge in [-0.1, -0.05) is 6.92 Å². The van der Waals surface area contributed by atoms with E-state index in [1.54, 1.807) is 17.3 Å². The number of nitrogens with zero attached hydrogens (tertiary/aromatic N) is 6. The van der Waals surface area contributed by atoms with E-state index in [-0.39, 0.29) is 24.3 Å². The van der Waals surface area contributed by atoms with E-state index in [1.807, 2.05) is 16.7 Å². The third kappa shape index (κ3) is 3.52. The SMILES string of the molecule is COCC(=O)N1CCc2[nH]cnc2C12CCN(C(=O)C(C)Cn1cncn1)CC2. The number of hydrogen-bond donors (Lipinski definition) is 1. The molecule has 156 valence electrons. The number of ether oxygens (including phenoxy) is 1. The first-order valence-electron chi connectivity index (χ1n) is 9.98. The second-order valence-electron chi connectivity index (χ2n) is 7.83. The maximum absolute atomic E-state index is 13.0. The van der Waals surface area contributed by atoms with E-state index in [0.29, 0.717) is 39.0 Å². The van der Waals surface area contributed by atoms with Gasteiger partial charge in [-0.25, -0.2) is 9.97 Å². The van der Waals surface area contributed by atoms with Crippen LogP contribution >= 0.6 is 0 Å². The van der Waals surface area contributed by atoms with Gasteiger partial charge in [0.1, 0.15) is 19.3 Å². The number of aromatic nitrogens is 5. The van der Waals surface area contributed by atoms with E-state index >= 15 is 0 Å². The fourth-order valence-corrected chi connectivity index (χ4v) is 4.64. The van der Waals surface area contributed by atoms with E-state index in [1.165, 1.54) is 13.4 Å². The Morgan fingerprint density at radius 2 is 2.10 bits per heavy atom. The summed E-state index contributed by atoms with van der Waals surface area (Å²) in [5.74, 6) is -0.118. The molecule has 10 nitrogen and oxygen atoms in total. The van der Waals surface area contributed by atoms with E-state index in [4.69, 9.17) is 4.74 Å². The predicted octanol–water partition coefficient (Wildman–Crippen LogP) is 0.186. The maximum Gasteiger partial charge on any atom is 0.249 e. The van der Waals surface area contributed by atoms with Gasteiger partial charge in [-0.15, -0.1) is 0 Å². The van der Waals surface area contributed by atoms with Crippen LogP contribution in [0.2, 0.25) is 0 Å². The number of H-pyrrole nitrogens is 1. The minimum atomic E-state index is -0.477. The van der Waals surface area contributed by atoms with Gasteiger partial charge in [0.05, 0.1) is 30.0 Å². The minimum Gasteiger partial charge on any atom is -0.375 e. The van der Waals surface area contributed by atoms with Crippen LogP contribution in [0.4, 0.5) is 0 Å². The van der Waals surface area contributed by atoms with Crippen molar-refractivity contribution in [2.75, 3.05) is 33.4 Å². The molecule has 1 unspecified atom stereocenters. The molecule has 0 saturated carbocycles. The van der Waals surface area contributed by atoms with Crippen LogP contribution < -0.4 is 0 Å². The maximum atomic E-state index is 13.0. The number of fused-ring (bicyclic) bond motifs is 2. The quantitative estimate of drug-likeness (QED) is 0.766. The average molecular weight is 401 g/mol. The molecule has 29 heavy (non-hydrogen) atoms. The molecule has 2 amide bonds. The molecule has 0 bridgehead atoms. The topological polar surface area (TPSA) is 109 Å². The molecule has 4 heterocycles. The summed E-state index contributed by atoms with van der Waals surface area (Å²) in [6, 6.07) is 0. The Hall–Kier alpha value is -2.75. The molecule has 0 radical (unpaired) electrons. The Morgan fingerprint density at radius 1 is 1.31 bits per heavy atom. The van der Waals surface area contributed by atoms with E-state index in [9.17, 15) is 9.59 Å². The lowest BCUT2D eigenvalue weighted by atomic mass is 9.78. The molecule has 0 aliphatic carbocycles. The van der Waals surface area contributed by atoms with Gasteiger partial charge < -0.3 is 19.5 Å². The van der Waals surface area contributed by atoms with Crippen LogP contribution in [0.25, 0.3) is 0 Å². The van der Waals surface area contributed by atoms with Gasteiger partial charge in [0.2, 0.25) is 11.8 Å². The number of carbonyl (C=O) groups excluding carboxylic acids is 2. The van der Waals surface area contributed by atoms with E-state index in [0.717, 1.165) is 17.8 Å². The van der Waals surface area contributed by atoms with Gasteiger partial charge >= 0.3 is 0 Å². The van der Waals surface area contributed by atoms with Crippen LogP contribution in [0.1, 0.15) is 31.2 Å². The summed E-state index contributed by atoms with van der Waals surface area (Å²) >= 11 is 0. The van der Waals surface area contributed by atoms with Gasteiger partial charge in [0.15, 0.2) is 0 Å². The summed E-state index contributed by atoms with van der Waals surface area (Å²) in [5, 5.41) is 4.09. The first-order valence-corrected chi connectivity index (χ1v) is 9.98. The van der Waals surface area contributed by atoms with E-state index < -0.39 is 5.54 Å². The molecule has 2 aliphatic rings. The number of aromatic amines is 1. The first-order chi connectivity index (χ1) is 14.0. The number of carbonyl (C=O) groups is 2. The van der Waals surface area contributed by atoms with Crippen molar-refractivity contribution in [1.82, 2.24) is 34.5 Å². The second-order valence-corrected chi connectivity index (χ2v) is 7.83. The van der Waals surface area contributed by atoms with Crippen LogP contribution in [-0.2, 0) is 32.8 Å². The zero-order valence-electron chi connectivity index (χ0n) is 16.9. The van der Waals surface area contributed by atoms with Gasteiger partial charge in [0.25, 0.3) is 0 Å². The standard InChI is InChI=1S/C19H27N7O3/c1-14(9-25-13-20-11-23-25)18(28)24-7-4-19(5-8-24)17-15(21-12-22-17)3-6-26(19)16(27)10-29-2/h11-14H,3-10H2,1-2H3,(H,21,22). The molecule has 0 aromatic carbocycles. The molecule has 2 aliphatic heterocycles. The van der Waals surface area contributed by atoms with Crippen LogP contribution in [-0.4, -0.2) is 79.7 Å². The van der Waals surface area contributed by atoms with Crippen molar-refractivity contribution in [3.8, 4) is 0 Å². The Morgan fingerprint density at radius 3 is 2.79 bits per heavy atom. The molecule has 1 N–H and O–H groups in total. The summed E-state index contributed by atoms with van der Waals surface area (Å²) < 4.78 is 6.78. The highest BCUT2D eigenvalue weighted by Crippen LogP contribution is 2.42. The van der Waals surface area contributed by atoms with Crippen molar-refractivity contribution >= 4 is 11.8 Å². The normalized spacial score (nSPS) is 19.2. The number of methoxy groups -OCH3 is 1. The number of piperidine rings is 1. The Labute approximate surface area is 169 Å². The van der Waals surface area contributed by atoms with Crippen molar-refractivity contribution in [3.05, 3.63) is 30.4 Å². The molecule has 1 spiro atoms. The fourth-order valence-electron chi connectivity index (χ4n) is 4.64. The summed E-state index contributed by atoms with van der Waals surface area (Å²) in [6.07, 6.45) is 6.89. The van der Waals surface area contributed by atoms with E-state index in [2.05, 4.69) is 20.1 Å². The van der Waals surface area contributed by atoms with Crippen molar-refractivity contribution in [3.63, 3.8) is 0 Å². The highest BCUT2D eigenvalue weighted by Gasteiger charge is 2.49. The van der Waals surface area contributed by atoms with Gasteiger partial charge in [-0.2, -0.15) is 5.10 Å². The zero-order valence-corrected chi connectivity index (χ0v) is 16.9. The third-order valence-corrected chi connectivity index (χ3v) is 6.08. The van der Waals surface area contributed by atoms with Gasteiger partial charge in [0, 0.05) is 38.9 Å². The minimum absolute atomic E-state index is 0.0273. The lowest BCUT2D eigenvalue weighted by molar-refractivity contribution is -0.148. The molecule has 2 aromatic rings. The number of rotatable bonds is 5. The fraction of sp³-hybridized carbons (Fsp3) is 0.632. The number of amides is 2. The molecule has 2 aromatic heterocycles. The number of hydrogen-bond acceptors (Lipinski definition) is 6. The van der Waals surface area contributed by atoms with Crippen LogP contribution in [0, 0.1) is 5.92 Å². The number of likely N-dealkylation sites (tertiary alicyclic amines) is 1. The Bertz CT molecular complexity index is 855. The summed E-state index contributed by atoms with van der Waals surface area (Å²) in [6.45, 7) is 4.28. The number of imidazole rings is 1. The zero-order chi connectivity index (χ0) is 20.4. The third-order valence-electron chi connectivity index (χ3n) is 6.08. The highest BCUT2D eigenvalue weighted by atomic mass is 16.5. The molecule has 1 atom stereocenters. The average Bonchev–Trinajstić information content (AvgIpc) is 3.41. The van der Waals surface area contributed by atoms with Crippen LogP contribution in [0.15, 0.2) is 19.0 Å². The van der Waals surface area contributed by atoms with Crippen molar-refractivity contribution in [2.45, 2.75) is 38.3 Å². The molecular formula is C19H27N7O3. The molecule has 4 rings (SSSR count).